The third kappa shape index (κ3) is 5.88. The standard InChI is InChI=1S/C16H14FN3O4S/c17-13-3-1-2-4-14(13)25-10-16(22)19-18-15(21)9-11-5-7-12(8-6-11)20(23)24/h1-8H,9-10H2,(H,18,21)(H,19,22). The molecule has 2 aromatic carbocycles. The van der Waals surface area contributed by atoms with Gasteiger partial charge in [0.25, 0.3) is 5.69 Å². The van der Waals surface area contributed by atoms with Gasteiger partial charge in [0, 0.05) is 17.0 Å². The minimum Gasteiger partial charge on any atom is -0.273 e. The maximum Gasteiger partial charge on any atom is 0.269 e. The van der Waals surface area contributed by atoms with Crippen LogP contribution in [-0.2, 0) is 16.0 Å². The van der Waals surface area contributed by atoms with Crippen LogP contribution in [0.25, 0.3) is 0 Å². The molecule has 0 heterocycles. The van der Waals surface area contributed by atoms with E-state index in [0.717, 1.165) is 11.8 Å². The molecule has 2 aromatic rings. The van der Waals surface area contributed by atoms with Gasteiger partial charge in [-0.25, -0.2) is 4.39 Å². The van der Waals surface area contributed by atoms with Gasteiger partial charge in [-0.3, -0.25) is 30.6 Å². The average Bonchev–Trinajstić information content (AvgIpc) is 2.59. The van der Waals surface area contributed by atoms with Gasteiger partial charge in [0.2, 0.25) is 11.8 Å². The second-order valence-corrected chi connectivity index (χ2v) is 5.93. The van der Waals surface area contributed by atoms with E-state index >= 15 is 0 Å². The predicted octanol–water partition coefficient (Wildman–Crippen LogP) is 2.22. The molecule has 2 rings (SSSR count). The van der Waals surface area contributed by atoms with E-state index in [0.29, 0.717) is 10.5 Å². The highest BCUT2D eigenvalue weighted by Gasteiger charge is 2.09. The smallest absolute Gasteiger partial charge is 0.269 e. The normalized spacial score (nSPS) is 10.1. The van der Waals surface area contributed by atoms with Crippen LogP contribution in [0.2, 0.25) is 0 Å². The molecule has 0 radical (unpaired) electrons. The Morgan fingerprint density at radius 2 is 1.68 bits per heavy atom. The molecule has 0 saturated heterocycles. The second kappa shape index (κ2) is 8.78. The molecule has 0 saturated carbocycles. The van der Waals surface area contributed by atoms with E-state index in [1.807, 2.05) is 0 Å². The zero-order chi connectivity index (χ0) is 18.2. The SMILES string of the molecule is O=C(CSc1ccccc1F)NNC(=O)Cc1ccc([N+](=O)[O-])cc1. The summed E-state index contributed by atoms with van der Waals surface area (Å²) in [5, 5.41) is 10.6. The number of hydrogen-bond donors (Lipinski definition) is 2. The van der Waals surface area contributed by atoms with Gasteiger partial charge in [-0.15, -0.1) is 11.8 Å². The lowest BCUT2D eigenvalue weighted by Gasteiger charge is -2.07. The van der Waals surface area contributed by atoms with Gasteiger partial charge < -0.3 is 0 Å². The van der Waals surface area contributed by atoms with Gasteiger partial charge >= 0.3 is 0 Å². The van der Waals surface area contributed by atoms with E-state index < -0.39 is 22.6 Å². The molecule has 2 amide bonds. The first-order chi connectivity index (χ1) is 12.0. The van der Waals surface area contributed by atoms with E-state index in [4.69, 9.17) is 0 Å². The number of non-ortho nitro benzene ring substituents is 1. The van der Waals surface area contributed by atoms with Crippen molar-refractivity contribution in [3.8, 4) is 0 Å². The van der Waals surface area contributed by atoms with Crippen LogP contribution in [0.15, 0.2) is 53.4 Å². The van der Waals surface area contributed by atoms with Gasteiger partial charge in [0.05, 0.1) is 17.1 Å². The Labute approximate surface area is 146 Å². The quantitative estimate of drug-likeness (QED) is 0.465. The van der Waals surface area contributed by atoms with Crippen LogP contribution in [0.4, 0.5) is 10.1 Å². The monoisotopic (exact) mass is 363 g/mol. The van der Waals surface area contributed by atoms with Crippen molar-refractivity contribution in [1.29, 1.82) is 0 Å². The summed E-state index contributed by atoms with van der Waals surface area (Å²) in [4.78, 5) is 33.8. The zero-order valence-corrected chi connectivity index (χ0v) is 13.7. The predicted molar refractivity (Wildman–Crippen MR) is 90.2 cm³/mol. The van der Waals surface area contributed by atoms with Crippen LogP contribution in [-0.4, -0.2) is 22.5 Å². The summed E-state index contributed by atoms with van der Waals surface area (Å²) >= 11 is 1.01. The third-order valence-corrected chi connectivity index (χ3v) is 4.10. The Hall–Kier alpha value is -2.94. The molecular formula is C16H14FN3O4S. The van der Waals surface area contributed by atoms with Gasteiger partial charge in [0.15, 0.2) is 0 Å². The Bertz CT molecular complexity index is 783. The first-order valence-corrected chi connectivity index (χ1v) is 8.12. The van der Waals surface area contributed by atoms with Crippen LogP contribution >= 0.6 is 11.8 Å². The molecule has 7 nitrogen and oxygen atoms in total. The molecule has 0 fully saturated rings. The highest BCUT2D eigenvalue weighted by Crippen LogP contribution is 2.20. The average molecular weight is 363 g/mol. The molecule has 0 spiro atoms. The van der Waals surface area contributed by atoms with Crippen LogP contribution in [0, 0.1) is 15.9 Å². The first-order valence-electron chi connectivity index (χ1n) is 7.14. The summed E-state index contributed by atoms with van der Waals surface area (Å²) in [7, 11) is 0. The van der Waals surface area contributed by atoms with Crippen molar-refractivity contribution >= 4 is 29.3 Å². The largest absolute Gasteiger partial charge is 0.273 e. The molecule has 0 atom stereocenters. The number of amides is 2. The van der Waals surface area contributed by atoms with E-state index in [-0.39, 0.29) is 17.9 Å². The van der Waals surface area contributed by atoms with Gasteiger partial charge in [0.1, 0.15) is 5.82 Å². The Balaban J connectivity index is 1.74. The fraction of sp³-hybridized carbons (Fsp3) is 0.125. The molecule has 0 aliphatic rings. The summed E-state index contributed by atoms with van der Waals surface area (Å²) in [6.45, 7) is 0. The first kappa shape index (κ1) is 18.4. The van der Waals surface area contributed by atoms with Crippen molar-refractivity contribution in [2.24, 2.45) is 0 Å². The van der Waals surface area contributed by atoms with E-state index in [1.165, 1.54) is 30.3 Å². The number of hydrogen-bond acceptors (Lipinski definition) is 5. The number of thioether (sulfide) groups is 1. The number of carbonyl (C=O) groups is 2. The van der Waals surface area contributed by atoms with Crippen molar-refractivity contribution in [2.75, 3.05) is 5.75 Å². The molecule has 0 aliphatic carbocycles. The number of nitro benzene ring substituents is 1. The molecule has 0 unspecified atom stereocenters. The van der Waals surface area contributed by atoms with E-state index in [2.05, 4.69) is 10.9 Å². The molecular weight excluding hydrogens is 349 g/mol. The number of benzene rings is 2. The summed E-state index contributed by atoms with van der Waals surface area (Å²) in [6.07, 6.45) is -0.0429. The number of halogens is 1. The maximum absolute atomic E-state index is 13.4. The number of rotatable bonds is 6. The molecule has 25 heavy (non-hydrogen) atoms. The number of hydrazine groups is 1. The Morgan fingerprint density at radius 3 is 2.32 bits per heavy atom. The van der Waals surface area contributed by atoms with E-state index in [1.54, 1.807) is 18.2 Å². The fourth-order valence-corrected chi connectivity index (χ4v) is 2.59. The highest BCUT2D eigenvalue weighted by atomic mass is 32.2. The second-order valence-electron chi connectivity index (χ2n) is 4.92. The molecule has 2 N–H and O–H groups in total. The summed E-state index contributed by atoms with van der Waals surface area (Å²) in [5.41, 5.74) is 4.97. The van der Waals surface area contributed by atoms with E-state index in [9.17, 15) is 24.1 Å². The molecule has 130 valence electrons. The lowest BCUT2D eigenvalue weighted by molar-refractivity contribution is -0.384. The number of nitrogens with one attached hydrogen (secondary N) is 2. The summed E-state index contributed by atoms with van der Waals surface area (Å²) in [6, 6.07) is 11.6. The number of nitro groups is 1. The molecule has 0 aliphatic heterocycles. The van der Waals surface area contributed by atoms with Gasteiger partial charge in [-0.1, -0.05) is 24.3 Å². The number of carbonyl (C=O) groups excluding carboxylic acids is 2. The van der Waals surface area contributed by atoms with Crippen LogP contribution < -0.4 is 10.9 Å². The zero-order valence-electron chi connectivity index (χ0n) is 12.9. The lowest BCUT2D eigenvalue weighted by Crippen LogP contribution is -2.43. The van der Waals surface area contributed by atoms with Gasteiger partial charge in [-0.2, -0.15) is 0 Å². The minimum absolute atomic E-state index is 0.0429. The molecule has 9 heteroatoms. The van der Waals surface area contributed by atoms with Crippen molar-refractivity contribution < 1.29 is 18.9 Å². The van der Waals surface area contributed by atoms with Crippen LogP contribution in [0.5, 0.6) is 0 Å². The highest BCUT2D eigenvalue weighted by molar-refractivity contribution is 8.00. The number of nitrogens with zero attached hydrogens (tertiary/aromatic N) is 1. The molecule has 0 bridgehead atoms. The summed E-state index contributed by atoms with van der Waals surface area (Å²) in [5.74, 6) is -1.43. The minimum atomic E-state index is -0.530. The van der Waals surface area contributed by atoms with Crippen LogP contribution in [0.3, 0.4) is 0 Å². The van der Waals surface area contributed by atoms with Crippen molar-refractivity contribution in [3.63, 3.8) is 0 Å². The van der Waals surface area contributed by atoms with Gasteiger partial charge in [-0.05, 0) is 17.7 Å². The third-order valence-electron chi connectivity index (χ3n) is 3.05. The van der Waals surface area contributed by atoms with Crippen LogP contribution in [0.1, 0.15) is 5.56 Å². The Kier molecular flexibility index (Phi) is 6.47. The maximum atomic E-state index is 13.4. The fourth-order valence-electron chi connectivity index (χ4n) is 1.85. The van der Waals surface area contributed by atoms with Crippen molar-refractivity contribution in [1.82, 2.24) is 10.9 Å². The molecule has 0 aromatic heterocycles. The Morgan fingerprint density at radius 1 is 1.04 bits per heavy atom. The summed E-state index contributed by atoms with van der Waals surface area (Å²) < 4.78 is 13.4. The van der Waals surface area contributed by atoms with Crippen molar-refractivity contribution in [2.45, 2.75) is 11.3 Å². The topological polar surface area (TPSA) is 101 Å². The van der Waals surface area contributed by atoms with Crippen molar-refractivity contribution in [3.05, 3.63) is 70.0 Å². The lowest BCUT2D eigenvalue weighted by atomic mass is 10.1.